The lowest BCUT2D eigenvalue weighted by Crippen LogP contribution is -2.13. The maximum absolute atomic E-state index is 6.29. The van der Waals surface area contributed by atoms with Gasteiger partial charge in [0.2, 0.25) is 0 Å². The monoisotopic (exact) mass is 287 g/mol. The van der Waals surface area contributed by atoms with Crippen LogP contribution in [0.15, 0.2) is 48.5 Å². The minimum absolute atomic E-state index is 0.0153. The van der Waals surface area contributed by atoms with Gasteiger partial charge in [0.15, 0.2) is 0 Å². The van der Waals surface area contributed by atoms with Gasteiger partial charge in [0.05, 0.1) is 0 Å². The molecular weight excluding hydrogens is 266 g/mol. The molecule has 0 bridgehead atoms. The van der Waals surface area contributed by atoms with Crippen LogP contribution in [0.1, 0.15) is 36.6 Å². The zero-order valence-corrected chi connectivity index (χ0v) is 12.9. The predicted octanol–water partition coefficient (Wildman–Crippen LogP) is 4.78. The summed E-state index contributed by atoms with van der Waals surface area (Å²) in [7, 11) is 0. The molecule has 0 aromatic heterocycles. The minimum atomic E-state index is 0.0153. The van der Waals surface area contributed by atoms with E-state index in [0.29, 0.717) is 5.92 Å². The van der Waals surface area contributed by atoms with E-state index < -0.39 is 0 Å². The predicted molar refractivity (Wildman–Crippen MR) is 87.1 cm³/mol. The number of halogens is 1. The Hall–Kier alpha value is -1.31. The first kappa shape index (κ1) is 15.1. The maximum Gasteiger partial charge on any atom is 0.0408 e. The Balaban J connectivity index is 2.03. The van der Waals surface area contributed by atoms with E-state index in [0.717, 1.165) is 17.9 Å². The van der Waals surface area contributed by atoms with Crippen molar-refractivity contribution in [1.29, 1.82) is 0 Å². The first-order valence-corrected chi connectivity index (χ1v) is 7.51. The molecule has 0 spiro atoms. The Bertz CT molecular complexity index is 546. The van der Waals surface area contributed by atoms with Gasteiger partial charge in [0, 0.05) is 11.1 Å². The molecule has 0 saturated carbocycles. The van der Waals surface area contributed by atoms with Crippen LogP contribution in [0.2, 0.25) is 5.02 Å². The lowest BCUT2D eigenvalue weighted by atomic mass is 9.96. The van der Waals surface area contributed by atoms with Crippen molar-refractivity contribution >= 4 is 11.6 Å². The van der Waals surface area contributed by atoms with Crippen molar-refractivity contribution in [1.82, 2.24) is 0 Å². The van der Waals surface area contributed by atoms with Gasteiger partial charge in [-0.3, -0.25) is 0 Å². The van der Waals surface area contributed by atoms with Crippen molar-refractivity contribution in [2.24, 2.45) is 11.7 Å². The molecule has 20 heavy (non-hydrogen) atoms. The van der Waals surface area contributed by atoms with Gasteiger partial charge in [-0.1, -0.05) is 61.8 Å². The van der Waals surface area contributed by atoms with Crippen LogP contribution in [-0.4, -0.2) is 0 Å². The quantitative estimate of drug-likeness (QED) is 0.841. The lowest BCUT2D eigenvalue weighted by Gasteiger charge is -2.13. The molecule has 2 heteroatoms. The highest BCUT2D eigenvalue weighted by atomic mass is 35.5. The second kappa shape index (κ2) is 6.92. The number of hydrogen-bond donors (Lipinski definition) is 1. The van der Waals surface area contributed by atoms with E-state index in [1.165, 1.54) is 16.7 Å². The summed E-state index contributed by atoms with van der Waals surface area (Å²) in [5.74, 6) is 0.681. The van der Waals surface area contributed by atoms with Crippen LogP contribution in [0.25, 0.3) is 0 Å². The third-order valence-corrected chi connectivity index (χ3v) is 3.63. The number of nitrogens with two attached hydrogens (primary N) is 1. The molecule has 106 valence electrons. The van der Waals surface area contributed by atoms with Crippen molar-refractivity contribution < 1.29 is 0 Å². The SMILES string of the molecule is CC(C)Cc1ccc(C(N)Cc2cccc(Cl)c2)cc1. The van der Waals surface area contributed by atoms with Crippen molar-refractivity contribution in [2.45, 2.75) is 32.7 Å². The van der Waals surface area contributed by atoms with Gasteiger partial charge in [0.1, 0.15) is 0 Å². The summed E-state index contributed by atoms with van der Waals surface area (Å²) in [4.78, 5) is 0. The van der Waals surface area contributed by atoms with E-state index in [2.05, 4.69) is 44.2 Å². The van der Waals surface area contributed by atoms with Crippen LogP contribution in [0.5, 0.6) is 0 Å². The lowest BCUT2D eigenvalue weighted by molar-refractivity contribution is 0.646. The zero-order chi connectivity index (χ0) is 14.5. The Morgan fingerprint density at radius 3 is 2.25 bits per heavy atom. The van der Waals surface area contributed by atoms with Crippen LogP contribution in [-0.2, 0) is 12.8 Å². The molecule has 1 unspecified atom stereocenters. The van der Waals surface area contributed by atoms with E-state index in [4.69, 9.17) is 17.3 Å². The Morgan fingerprint density at radius 2 is 1.65 bits per heavy atom. The first-order valence-electron chi connectivity index (χ1n) is 7.13. The average molecular weight is 288 g/mol. The Kier molecular flexibility index (Phi) is 5.22. The summed E-state index contributed by atoms with van der Waals surface area (Å²) in [6.45, 7) is 4.47. The number of hydrogen-bond acceptors (Lipinski definition) is 1. The van der Waals surface area contributed by atoms with Crippen LogP contribution in [0.3, 0.4) is 0 Å². The number of rotatable bonds is 5. The topological polar surface area (TPSA) is 26.0 Å². The van der Waals surface area contributed by atoms with Crippen LogP contribution in [0.4, 0.5) is 0 Å². The fourth-order valence-corrected chi connectivity index (χ4v) is 2.62. The van der Waals surface area contributed by atoms with Crippen LogP contribution in [0, 0.1) is 5.92 Å². The molecule has 2 aromatic carbocycles. The summed E-state index contributed by atoms with van der Waals surface area (Å²) in [5, 5.41) is 0.766. The molecule has 1 atom stereocenters. The molecule has 0 saturated heterocycles. The molecule has 2 aromatic rings. The summed E-state index contributed by atoms with van der Waals surface area (Å²) >= 11 is 6.00. The molecule has 0 fully saturated rings. The third kappa shape index (κ3) is 4.36. The fourth-order valence-electron chi connectivity index (χ4n) is 2.41. The number of benzene rings is 2. The van der Waals surface area contributed by atoms with Gasteiger partial charge in [0.25, 0.3) is 0 Å². The van der Waals surface area contributed by atoms with Gasteiger partial charge in [-0.05, 0) is 47.6 Å². The van der Waals surface area contributed by atoms with E-state index in [1.54, 1.807) is 0 Å². The molecule has 2 N–H and O–H groups in total. The van der Waals surface area contributed by atoms with Gasteiger partial charge >= 0.3 is 0 Å². The smallest absolute Gasteiger partial charge is 0.0408 e. The average Bonchev–Trinajstić information content (AvgIpc) is 2.38. The zero-order valence-electron chi connectivity index (χ0n) is 12.1. The van der Waals surface area contributed by atoms with E-state index in [1.807, 2.05) is 18.2 Å². The summed E-state index contributed by atoms with van der Waals surface area (Å²) < 4.78 is 0. The third-order valence-electron chi connectivity index (χ3n) is 3.40. The minimum Gasteiger partial charge on any atom is -0.324 e. The van der Waals surface area contributed by atoms with Crippen molar-refractivity contribution in [3.05, 3.63) is 70.2 Å². The second-order valence-electron chi connectivity index (χ2n) is 5.78. The summed E-state index contributed by atoms with van der Waals surface area (Å²) in [6.07, 6.45) is 1.92. The molecular formula is C18H22ClN. The highest BCUT2D eigenvalue weighted by Crippen LogP contribution is 2.20. The molecule has 1 nitrogen and oxygen atoms in total. The maximum atomic E-state index is 6.29. The van der Waals surface area contributed by atoms with Gasteiger partial charge in [-0.15, -0.1) is 0 Å². The fraction of sp³-hybridized carbons (Fsp3) is 0.333. The molecule has 0 heterocycles. The molecule has 0 aliphatic heterocycles. The molecule has 0 aliphatic rings. The van der Waals surface area contributed by atoms with Gasteiger partial charge in [-0.25, -0.2) is 0 Å². The molecule has 0 radical (unpaired) electrons. The van der Waals surface area contributed by atoms with Crippen molar-refractivity contribution in [3.63, 3.8) is 0 Å². The highest BCUT2D eigenvalue weighted by molar-refractivity contribution is 6.30. The standard InChI is InChI=1S/C18H22ClN/c1-13(2)10-14-6-8-16(9-7-14)18(20)12-15-4-3-5-17(19)11-15/h3-9,11,13,18H,10,12,20H2,1-2H3. The summed E-state index contributed by atoms with van der Waals surface area (Å²) in [5.41, 5.74) is 10.0. The Labute approximate surface area is 126 Å². The van der Waals surface area contributed by atoms with E-state index in [-0.39, 0.29) is 6.04 Å². The first-order chi connectivity index (χ1) is 9.54. The van der Waals surface area contributed by atoms with Crippen molar-refractivity contribution in [2.75, 3.05) is 0 Å². The normalized spacial score (nSPS) is 12.7. The Morgan fingerprint density at radius 1 is 0.950 bits per heavy atom. The highest BCUT2D eigenvalue weighted by Gasteiger charge is 2.08. The molecule has 0 amide bonds. The largest absolute Gasteiger partial charge is 0.324 e. The van der Waals surface area contributed by atoms with Gasteiger partial charge in [-0.2, -0.15) is 0 Å². The van der Waals surface area contributed by atoms with E-state index >= 15 is 0 Å². The van der Waals surface area contributed by atoms with Crippen LogP contribution >= 0.6 is 11.6 Å². The van der Waals surface area contributed by atoms with E-state index in [9.17, 15) is 0 Å². The van der Waals surface area contributed by atoms with Crippen LogP contribution < -0.4 is 5.73 Å². The molecule has 2 rings (SSSR count). The summed E-state index contributed by atoms with van der Waals surface area (Å²) in [6, 6.07) is 16.6. The van der Waals surface area contributed by atoms with Gasteiger partial charge < -0.3 is 5.73 Å². The second-order valence-corrected chi connectivity index (χ2v) is 6.22. The molecule has 0 aliphatic carbocycles. The van der Waals surface area contributed by atoms with Crippen molar-refractivity contribution in [3.8, 4) is 0 Å².